The highest BCUT2D eigenvalue weighted by Gasteiger charge is 2.19. The van der Waals surface area contributed by atoms with Crippen molar-refractivity contribution in [2.45, 2.75) is 26.3 Å². The predicted molar refractivity (Wildman–Crippen MR) is 129 cm³/mol. The molecule has 0 radical (unpaired) electrons. The number of hydrogen-bond acceptors (Lipinski definition) is 6. The van der Waals surface area contributed by atoms with E-state index in [1.807, 2.05) is 55.2 Å². The fourth-order valence-electron chi connectivity index (χ4n) is 4.32. The Labute approximate surface area is 186 Å². The van der Waals surface area contributed by atoms with Crippen LogP contribution in [0.15, 0.2) is 41.3 Å². The van der Waals surface area contributed by atoms with Crippen LogP contribution in [0.25, 0.3) is 32.6 Å². The van der Waals surface area contributed by atoms with Gasteiger partial charge in [-0.05, 0) is 44.1 Å². The van der Waals surface area contributed by atoms with Gasteiger partial charge in [-0.2, -0.15) is 0 Å². The summed E-state index contributed by atoms with van der Waals surface area (Å²) in [5.41, 5.74) is 2.69. The highest BCUT2D eigenvalue weighted by Crippen LogP contribution is 2.38. The average molecular weight is 433 g/mol. The lowest BCUT2D eigenvalue weighted by atomic mass is 10.0. The third kappa shape index (κ3) is 3.52. The monoisotopic (exact) mass is 432 g/mol. The van der Waals surface area contributed by atoms with Crippen molar-refractivity contribution in [1.82, 2.24) is 14.5 Å². The number of nitrogens with one attached hydrogen (secondary N) is 1. The summed E-state index contributed by atoms with van der Waals surface area (Å²) in [5, 5.41) is 6.95. The molecule has 1 N–H and O–H groups in total. The number of fused-ring (bicyclic) bond motifs is 6. The fourth-order valence-corrected chi connectivity index (χ4v) is 4.32. The number of nitrogens with zero attached hydrogens (tertiary/aromatic N) is 3. The zero-order valence-electron chi connectivity index (χ0n) is 18.8. The molecule has 0 saturated heterocycles. The van der Waals surface area contributed by atoms with E-state index in [1.165, 1.54) is 0 Å². The highest BCUT2D eigenvalue weighted by atomic mass is 16.7. The van der Waals surface area contributed by atoms with Crippen molar-refractivity contribution in [2.75, 3.05) is 39.3 Å². The molecule has 0 atom stereocenters. The first-order valence-electron chi connectivity index (χ1n) is 11.1. The van der Waals surface area contributed by atoms with Crippen LogP contribution in [0.1, 0.15) is 19.8 Å². The molecule has 1 aliphatic heterocycles. The first kappa shape index (κ1) is 20.6. The molecule has 2 aromatic carbocycles. The molecule has 1 aliphatic rings. The summed E-state index contributed by atoms with van der Waals surface area (Å²) in [6.45, 7) is 4.74. The van der Waals surface area contributed by atoms with Gasteiger partial charge in [0, 0.05) is 53.7 Å². The van der Waals surface area contributed by atoms with Gasteiger partial charge in [-0.15, -0.1) is 0 Å². The van der Waals surface area contributed by atoms with Gasteiger partial charge in [-0.3, -0.25) is 9.78 Å². The number of aryl methyl sites for hydroxylation is 1. The Bertz CT molecular complexity index is 1380. The molecule has 0 aliphatic carbocycles. The quantitative estimate of drug-likeness (QED) is 0.442. The number of hydrogen-bond donors (Lipinski definition) is 1. The fraction of sp³-hybridized carbons (Fsp3) is 0.360. The second-order valence-electron chi connectivity index (χ2n) is 8.54. The van der Waals surface area contributed by atoms with Crippen molar-refractivity contribution < 1.29 is 9.47 Å². The number of likely N-dealkylation sites (N-methyl/N-ethyl adjacent to an activating group) is 1. The van der Waals surface area contributed by atoms with Gasteiger partial charge in [0.1, 0.15) is 0 Å². The minimum atomic E-state index is 0.0300. The Hall–Kier alpha value is -3.32. The lowest BCUT2D eigenvalue weighted by Crippen LogP contribution is -2.22. The van der Waals surface area contributed by atoms with Gasteiger partial charge in [-0.25, -0.2) is 0 Å². The van der Waals surface area contributed by atoms with E-state index in [9.17, 15) is 4.79 Å². The van der Waals surface area contributed by atoms with Crippen molar-refractivity contribution >= 4 is 38.3 Å². The van der Waals surface area contributed by atoms with Gasteiger partial charge in [-0.1, -0.05) is 19.4 Å². The molecule has 7 heteroatoms. The number of anilines is 1. The molecule has 7 nitrogen and oxygen atoms in total. The minimum absolute atomic E-state index is 0.0300. The number of unbranched alkanes of at least 4 members (excludes halogenated alkanes) is 1. The van der Waals surface area contributed by atoms with Gasteiger partial charge >= 0.3 is 0 Å². The lowest BCUT2D eigenvalue weighted by Gasteiger charge is -2.16. The van der Waals surface area contributed by atoms with Crippen LogP contribution in [0, 0.1) is 0 Å². The van der Waals surface area contributed by atoms with E-state index in [1.54, 1.807) is 0 Å². The molecule has 0 unspecified atom stereocenters. The number of ether oxygens (including phenoxy) is 2. The van der Waals surface area contributed by atoms with Crippen LogP contribution in [0.2, 0.25) is 0 Å². The smallest absolute Gasteiger partial charge is 0.259 e. The van der Waals surface area contributed by atoms with Crippen LogP contribution in [0.4, 0.5) is 5.69 Å². The van der Waals surface area contributed by atoms with Crippen molar-refractivity contribution in [3.05, 3.63) is 46.9 Å². The molecule has 0 bridgehead atoms. The molecule has 0 spiro atoms. The van der Waals surface area contributed by atoms with E-state index >= 15 is 0 Å². The van der Waals surface area contributed by atoms with Crippen molar-refractivity contribution in [3.63, 3.8) is 0 Å². The summed E-state index contributed by atoms with van der Waals surface area (Å²) >= 11 is 0. The van der Waals surface area contributed by atoms with E-state index in [-0.39, 0.29) is 12.4 Å². The van der Waals surface area contributed by atoms with Crippen molar-refractivity contribution in [3.8, 4) is 11.5 Å². The minimum Gasteiger partial charge on any atom is -0.454 e. The first-order chi connectivity index (χ1) is 15.6. The average Bonchev–Trinajstić information content (AvgIpc) is 3.24. The first-order valence-corrected chi connectivity index (χ1v) is 11.1. The number of pyridine rings is 2. The summed E-state index contributed by atoms with van der Waals surface area (Å²) < 4.78 is 13.1. The zero-order valence-corrected chi connectivity index (χ0v) is 18.8. The Morgan fingerprint density at radius 1 is 1.06 bits per heavy atom. The van der Waals surface area contributed by atoms with Gasteiger partial charge in [0.25, 0.3) is 5.56 Å². The van der Waals surface area contributed by atoms with Crippen LogP contribution < -0.4 is 20.3 Å². The SMILES string of the molecule is CCCCn1c(=O)c2cc(NCCN(C)C)ccc2c2cnc3cc4c(cc3c21)OCO4. The van der Waals surface area contributed by atoms with Crippen LogP contribution in [-0.2, 0) is 6.54 Å². The number of aromatic nitrogens is 2. The molecular weight excluding hydrogens is 404 g/mol. The van der Waals surface area contributed by atoms with E-state index in [2.05, 4.69) is 17.1 Å². The maximum absolute atomic E-state index is 13.7. The second kappa shape index (κ2) is 8.31. The van der Waals surface area contributed by atoms with Gasteiger partial charge in [0.15, 0.2) is 11.5 Å². The maximum Gasteiger partial charge on any atom is 0.259 e. The van der Waals surface area contributed by atoms with Crippen molar-refractivity contribution in [2.24, 2.45) is 0 Å². The summed E-state index contributed by atoms with van der Waals surface area (Å²) in [5.74, 6) is 1.39. The maximum atomic E-state index is 13.7. The third-order valence-corrected chi connectivity index (χ3v) is 6.01. The van der Waals surface area contributed by atoms with Crippen molar-refractivity contribution in [1.29, 1.82) is 0 Å². The van der Waals surface area contributed by atoms with E-state index in [0.717, 1.165) is 58.8 Å². The predicted octanol–water partition coefficient (Wildman–Crippen LogP) is 4.21. The largest absolute Gasteiger partial charge is 0.454 e. The lowest BCUT2D eigenvalue weighted by molar-refractivity contribution is 0.174. The van der Waals surface area contributed by atoms with E-state index in [4.69, 9.17) is 14.5 Å². The van der Waals surface area contributed by atoms with Crippen LogP contribution in [-0.4, -0.2) is 48.4 Å². The molecule has 5 rings (SSSR count). The van der Waals surface area contributed by atoms with Crippen LogP contribution >= 0.6 is 0 Å². The Balaban J connectivity index is 1.75. The molecular formula is C25H28N4O3. The molecule has 0 amide bonds. The highest BCUT2D eigenvalue weighted by molar-refractivity contribution is 6.14. The Morgan fingerprint density at radius 3 is 2.66 bits per heavy atom. The molecule has 3 heterocycles. The molecule has 32 heavy (non-hydrogen) atoms. The molecule has 4 aromatic rings. The van der Waals surface area contributed by atoms with Crippen LogP contribution in [0.3, 0.4) is 0 Å². The molecule has 166 valence electrons. The van der Waals surface area contributed by atoms with E-state index in [0.29, 0.717) is 23.4 Å². The van der Waals surface area contributed by atoms with E-state index < -0.39 is 0 Å². The van der Waals surface area contributed by atoms with Crippen LogP contribution in [0.5, 0.6) is 11.5 Å². The molecule has 0 saturated carbocycles. The second-order valence-corrected chi connectivity index (χ2v) is 8.54. The summed E-state index contributed by atoms with van der Waals surface area (Å²) in [6.07, 6.45) is 3.81. The Kier molecular flexibility index (Phi) is 5.35. The topological polar surface area (TPSA) is 68.6 Å². The summed E-state index contributed by atoms with van der Waals surface area (Å²) in [6, 6.07) is 9.89. The van der Waals surface area contributed by atoms with Gasteiger partial charge < -0.3 is 24.3 Å². The third-order valence-electron chi connectivity index (χ3n) is 6.01. The summed E-state index contributed by atoms with van der Waals surface area (Å²) in [7, 11) is 4.09. The standard InChI is InChI=1S/C25H28N4O3/c1-4-5-9-29-24-19-12-22-23(32-15-31-22)13-21(19)27-14-20(24)17-7-6-16(11-18(17)25(29)30)26-8-10-28(2)3/h6-7,11-14,26H,4-5,8-10,15H2,1-3H3. The normalized spacial score (nSPS) is 13.0. The molecule has 2 aromatic heterocycles. The Morgan fingerprint density at radius 2 is 1.88 bits per heavy atom. The van der Waals surface area contributed by atoms with Gasteiger partial charge in [0.2, 0.25) is 6.79 Å². The zero-order chi connectivity index (χ0) is 22.2. The van der Waals surface area contributed by atoms with Gasteiger partial charge in [0.05, 0.1) is 11.0 Å². The molecule has 0 fully saturated rings. The number of rotatable bonds is 7. The summed E-state index contributed by atoms with van der Waals surface area (Å²) in [4.78, 5) is 20.5. The number of benzene rings is 2.